The Morgan fingerprint density at radius 3 is 2.00 bits per heavy atom. The smallest absolute Gasteiger partial charge is 0.475 e. The number of carboxylic acid groups (broad SMARTS) is 2. The van der Waals surface area contributed by atoms with Crippen LogP contribution in [-0.2, 0) is 29.0 Å². The highest BCUT2D eigenvalue weighted by atomic mass is 19.4. The number of hydrogen-bond acceptors (Lipinski definition) is 6. The Morgan fingerprint density at radius 1 is 0.977 bits per heavy atom. The van der Waals surface area contributed by atoms with Crippen LogP contribution in [0.25, 0.3) is 0 Å². The summed E-state index contributed by atoms with van der Waals surface area (Å²) in [6, 6.07) is 8.98. The van der Waals surface area contributed by atoms with Gasteiger partial charge in [-0.15, -0.1) is 0 Å². The van der Waals surface area contributed by atoms with E-state index in [1.54, 1.807) is 25.1 Å². The second kappa shape index (κ2) is 15.0. The summed E-state index contributed by atoms with van der Waals surface area (Å²) in [6.07, 6.45) is -6.05. The molecule has 4 rings (SSSR count). The quantitative estimate of drug-likeness (QED) is 0.399. The van der Waals surface area contributed by atoms with E-state index in [1.807, 2.05) is 18.2 Å². The zero-order chi connectivity index (χ0) is 32.5. The van der Waals surface area contributed by atoms with Crippen LogP contribution in [0.2, 0.25) is 0 Å². The van der Waals surface area contributed by atoms with Crippen LogP contribution in [0.5, 0.6) is 0 Å². The van der Waals surface area contributed by atoms with Crippen molar-refractivity contribution in [1.29, 1.82) is 0 Å². The van der Waals surface area contributed by atoms with Crippen molar-refractivity contribution in [2.45, 2.75) is 44.6 Å². The molecule has 0 saturated heterocycles. The lowest BCUT2D eigenvalue weighted by Gasteiger charge is -2.19. The van der Waals surface area contributed by atoms with Crippen molar-refractivity contribution in [2.24, 2.45) is 5.92 Å². The third-order valence-corrected chi connectivity index (χ3v) is 6.28. The van der Waals surface area contributed by atoms with Crippen molar-refractivity contribution in [3.8, 4) is 0 Å². The van der Waals surface area contributed by atoms with E-state index in [-0.39, 0.29) is 11.7 Å². The van der Waals surface area contributed by atoms with E-state index in [0.29, 0.717) is 23.8 Å². The van der Waals surface area contributed by atoms with Crippen LogP contribution in [-0.4, -0.2) is 88.9 Å². The van der Waals surface area contributed by atoms with Gasteiger partial charge in [0.15, 0.2) is 0 Å². The summed E-state index contributed by atoms with van der Waals surface area (Å²) < 4.78 is 77.5. The van der Waals surface area contributed by atoms with Gasteiger partial charge in [0.1, 0.15) is 11.6 Å². The van der Waals surface area contributed by atoms with Crippen molar-refractivity contribution in [1.82, 2.24) is 14.8 Å². The number of aromatic nitrogens is 1. The van der Waals surface area contributed by atoms with E-state index in [0.717, 1.165) is 49.3 Å². The number of carbonyl (C=O) groups excluding carboxylic acids is 1. The summed E-state index contributed by atoms with van der Waals surface area (Å²) in [5, 5.41) is 17.7. The number of hydrogen-bond donors (Lipinski definition) is 3. The van der Waals surface area contributed by atoms with Crippen LogP contribution < -0.4 is 5.32 Å². The van der Waals surface area contributed by atoms with Crippen molar-refractivity contribution in [2.75, 3.05) is 39.0 Å². The molecule has 2 aromatic rings. The highest BCUT2D eigenvalue weighted by Crippen LogP contribution is 2.30. The molecule has 238 valence electrons. The number of benzene rings is 1. The van der Waals surface area contributed by atoms with Gasteiger partial charge in [-0.3, -0.25) is 9.69 Å². The lowest BCUT2D eigenvalue weighted by molar-refractivity contribution is -0.193. The molecule has 1 aromatic heterocycles. The number of halogens is 7. The number of carboxylic acids is 2. The van der Waals surface area contributed by atoms with Crippen LogP contribution in [0, 0.1) is 11.7 Å². The zero-order valence-electron chi connectivity index (χ0n) is 23.2. The molecule has 1 aliphatic carbocycles. The van der Waals surface area contributed by atoms with Gasteiger partial charge >= 0.3 is 24.3 Å². The molecular weight excluding hydrogens is 593 g/mol. The van der Waals surface area contributed by atoms with Gasteiger partial charge in [0.2, 0.25) is 0 Å². The average molecular weight is 625 g/mol. The summed E-state index contributed by atoms with van der Waals surface area (Å²) in [7, 11) is 3.55. The van der Waals surface area contributed by atoms with E-state index in [4.69, 9.17) is 24.8 Å². The van der Waals surface area contributed by atoms with Gasteiger partial charge in [-0.05, 0) is 42.9 Å². The molecule has 0 atom stereocenters. The Kier molecular flexibility index (Phi) is 12.3. The Labute approximate surface area is 242 Å². The SMILES string of the molecule is CN(C)C(=O)c1cc2c(nc1NCC1CC1)CCN(Cc1ccccc1F)CC2.O=C(O)C(F)(F)F.O=C(O)C(F)(F)F. The number of pyridine rings is 1. The second-order valence-electron chi connectivity index (χ2n) is 9.99. The van der Waals surface area contributed by atoms with E-state index in [1.165, 1.54) is 18.9 Å². The molecule has 3 N–H and O–H groups in total. The second-order valence-corrected chi connectivity index (χ2v) is 9.99. The topological polar surface area (TPSA) is 123 Å². The molecule has 2 heterocycles. The monoisotopic (exact) mass is 624 g/mol. The predicted octanol–water partition coefficient (Wildman–Crippen LogP) is 4.61. The first-order chi connectivity index (χ1) is 19.9. The maximum atomic E-state index is 14.0. The van der Waals surface area contributed by atoms with Crippen molar-refractivity contribution >= 4 is 23.7 Å². The molecule has 0 unspecified atom stereocenters. The molecule has 1 aromatic carbocycles. The van der Waals surface area contributed by atoms with E-state index < -0.39 is 24.3 Å². The van der Waals surface area contributed by atoms with E-state index in [2.05, 4.69) is 10.2 Å². The van der Waals surface area contributed by atoms with Crippen molar-refractivity contribution in [3.63, 3.8) is 0 Å². The highest BCUT2D eigenvalue weighted by molar-refractivity contribution is 5.98. The van der Waals surface area contributed by atoms with Crippen LogP contribution in [0.3, 0.4) is 0 Å². The first-order valence-electron chi connectivity index (χ1n) is 12.9. The maximum Gasteiger partial charge on any atom is 0.490 e. The van der Waals surface area contributed by atoms with Crippen LogP contribution in [0.15, 0.2) is 30.3 Å². The van der Waals surface area contributed by atoms with E-state index >= 15 is 0 Å². The number of fused-ring (bicyclic) bond motifs is 1. The van der Waals surface area contributed by atoms with Gasteiger partial charge in [-0.1, -0.05) is 18.2 Å². The minimum atomic E-state index is -5.08. The highest BCUT2D eigenvalue weighted by Gasteiger charge is 2.39. The summed E-state index contributed by atoms with van der Waals surface area (Å²) in [6.45, 7) is 3.13. The number of carbonyl (C=O) groups is 3. The summed E-state index contributed by atoms with van der Waals surface area (Å²) in [5.74, 6) is -4.28. The minimum absolute atomic E-state index is 0.0222. The Bertz CT molecular complexity index is 1260. The standard InChI is InChI=1S/C23H29FN4O.2C2HF3O2/c1-27(2)23(29)19-13-17-9-11-28(15-18-5-3-4-6-20(18)24)12-10-21(17)26-22(19)25-14-16-7-8-16;2*3-2(4,5)1(6)7/h3-6,13,16H,7-12,14-15H2,1-2H3,(H,25,26);2*(H,6,7). The molecule has 0 radical (unpaired) electrons. The van der Waals surface area contributed by atoms with Crippen LogP contribution >= 0.6 is 0 Å². The number of aliphatic carboxylic acids is 2. The molecule has 43 heavy (non-hydrogen) atoms. The van der Waals surface area contributed by atoms with Gasteiger partial charge < -0.3 is 20.4 Å². The molecule has 9 nitrogen and oxygen atoms in total. The lowest BCUT2D eigenvalue weighted by Crippen LogP contribution is -2.26. The third-order valence-electron chi connectivity index (χ3n) is 6.28. The number of amides is 1. The molecule has 1 saturated carbocycles. The average Bonchev–Trinajstić information content (AvgIpc) is 3.75. The van der Waals surface area contributed by atoms with Crippen molar-refractivity contribution < 1.29 is 55.3 Å². The number of alkyl halides is 6. The molecule has 0 spiro atoms. The molecular formula is C27H31F7N4O5. The van der Waals surface area contributed by atoms with E-state index in [9.17, 15) is 35.5 Å². The summed E-state index contributed by atoms with van der Waals surface area (Å²) in [4.78, 5) is 39.3. The Balaban J connectivity index is 0.000000384. The summed E-state index contributed by atoms with van der Waals surface area (Å²) in [5.41, 5.74) is 3.55. The molecule has 2 aliphatic rings. The minimum Gasteiger partial charge on any atom is -0.475 e. The molecule has 16 heteroatoms. The third kappa shape index (κ3) is 11.7. The normalized spacial score (nSPS) is 15.0. The van der Waals surface area contributed by atoms with Gasteiger partial charge in [0, 0.05) is 58.0 Å². The van der Waals surface area contributed by atoms with Crippen LogP contribution in [0.1, 0.15) is 40.0 Å². The van der Waals surface area contributed by atoms with Gasteiger partial charge in [-0.25, -0.2) is 19.0 Å². The first kappa shape index (κ1) is 35.2. The van der Waals surface area contributed by atoms with Gasteiger partial charge in [0.25, 0.3) is 5.91 Å². The fraction of sp³-hybridized carbons (Fsp3) is 0.481. The summed E-state index contributed by atoms with van der Waals surface area (Å²) >= 11 is 0. The molecule has 0 bridgehead atoms. The van der Waals surface area contributed by atoms with Gasteiger partial charge in [0.05, 0.1) is 5.56 Å². The first-order valence-corrected chi connectivity index (χ1v) is 12.9. The van der Waals surface area contributed by atoms with Gasteiger partial charge in [-0.2, -0.15) is 26.3 Å². The number of nitrogens with one attached hydrogen (secondary N) is 1. The zero-order valence-corrected chi connectivity index (χ0v) is 23.2. The number of nitrogens with zero attached hydrogens (tertiary/aromatic N) is 3. The van der Waals surface area contributed by atoms with Crippen LogP contribution in [0.4, 0.5) is 36.6 Å². The maximum absolute atomic E-state index is 14.0. The largest absolute Gasteiger partial charge is 0.490 e. The molecule has 1 amide bonds. The number of anilines is 1. The van der Waals surface area contributed by atoms with Crippen molar-refractivity contribution in [3.05, 3.63) is 58.5 Å². The molecule has 1 aliphatic heterocycles. The Hall–Kier alpha value is -3.95. The predicted molar refractivity (Wildman–Crippen MR) is 140 cm³/mol. The Morgan fingerprint density at radius 2 is 1.51 bits per heavy atom. The fourth-order valence-electron chi connectivity index (χ4n) is 3.81. The fourth-order valence-corrected chi connectivity index (χ4v) is 3.81. The molecule has 1 fully saturated rings. The lowest BCUT2D eigenvalue weighted by atomic mass is 10.0. The number of rotatable bonds is 6.